The van der Waals surface area contributed by atoms with Crippen molar-refractivity contribution in [2.24, 2.45) is 5.73 Å². The first-order valence-electron chi connectivity index (χ1n) is 5.56. The first-order chi connectivity index (χ1) is 6.38. The summed E-state index contributed by atoms with van der Waals surface area (Å²) in [5, 5.41) is 0. The summed E-state index contributed by atoms with van der Waals surface area (Å²) in [6.07, 6.45) is 2.56. The highest BCUT2D eigenvalue weighted by Gasteiger charge is 2.23. The molecule has 0 bridgehead atoms. The van der Waals surface area contributed by atoms with Crippen LogP contribution in [0.15, 0.2) is 0 Å². The smallest absolute Gasteiger partial charge is 0.0226 e. The van der Waals surface area contributed by atoms with E-state index < -0.39 is 0 Å². The predicted molar refractivity (Wildman–Crippen MR) is 83.2 cm³/mol. The molecule has 0 aromatic carbocycles. The number of likely N-dealkylation sites (tertiary alicyclic amines) is 1. The minimum atomic E-state index is -0.0506. The van der Waals surface area contributed by atoms with Crippen molar-refractivity contribution in [3.05, 3.63) is 0 Å². The van der Waals surface area contributed by atoms with Gasteiger partial charge in [-0.2, -0.15) is 0 Å². The summed E-state index contributed by atoms with van der Waals surface area (Å²) in [6, 6.07) is 0.770. The van der Waals surface area contributed by atoms with Crippen LogP contribution in [-0.2, 0) is 0 Å². The van der Waals surface area contributed by atoms with Gasteiger partial charge in [-0.15, -0.1) is 37.2 Å². The van der Waals surface area contributed by atoms with Gasteiger partial charge in [-0.1, -0.05) is 0 Å². The van der Waals surface area contributed by atoms with E-state index in [9.17, 15) is 0 Å². The number of hydrogen-bond donors (Lipinski definition) is 1. The quantitative estimate of drug-likeness (QED) is 0.866. The van der Waals surface area contributed by atoms with Gasteiger partial charge in [0.1, 0.15) is 0 Å². The molecule has 1 aliphatic rings. The summed E-state index contributed by atoms with van der Waals surface area (Å²) < 4.78 is 0. The monoisotopic (exact) mass is 307 g/mol. The Hall–Kier alpha value is 0.750. The van der Waals surface area contributed by atoms with E-state index in [0.717, 1.165) is 12.6 Å². The van der Waals surface area contributed by atoms with Gasteiger partial charge in [0.05, 0.1) is 0 Å². The molecule has 0 aliphatic carbocycles. The van der Waals surface area contributed by atoms with Crippen LogP contribution in [0, 0.1) is 0 Å². The zero-order valence-electron chi connectivity index (χ0n) is 11.3. The molecule has 108 valence electrons. The van der Waals surface area contributed by atoms with Gasteiger partial charge in [0, 0.05) is 18.1 Å². The third-order valence-electron chi connectivity index (χ3n) is 2.92. The van der Waals surface area contributed by atoms with Gasteiger partial charge in [-0.05, 0) is 53.9 Å². The van der Waals surface area contributed by atoms with Crippen molar-refractivity contribution in [3.8, 4) is 0 Å². The third-order valence-corrected chi connectivity index (χ3v) is 2.92. The third kappa shape index (κ3) is 9.34. The summed E-state index contributed by atoms with van der Waals surface area (Å²) in [6.45, 7) is 7.62. The largest absolute Gasteiger partial charge is 0.324 e. The second kappa shape index (κ2) is 9.65. The Labute approximate surface area is 125 Å². The fourth-order valence-corrected chi connectivity index (χ4v) is 2.17. The van der Waals surface area contributed by atoms with Crippen LogP contribution in [0.2, 0.25) is 0 Å². The maximum absolute atomic E-state index is 6.01. The second-order valence-electron chi connectivity index (χ2n) is 5.46. The molecule has 0 saturated carbocycles. The normalized spacial score (nSPS) is 18.0. The van der Waals surface area contributed by atoms with Gasteiger partial charge in [-0.3, -0.25) is 0 Å². The number of halogens is 3. The lowest BCUT2D eigenvalue weighted by Crippen LogP contribution is -2.50. The van der Waals surface area contributed by atoms with Gasteiger partial charge in [0.15, 0.2) is 0 Å². The van der Waals surface area contributed by atoms with E-state index >= 15 is 0 Å². The van der Waals surface area contributed by atoms with E-state index in [1.807, 2.05) is 0 Å². The maximum atomic E-state index is 6.01. The van der Waals surface area contributed by atoms with Gasteiger partial charge in [-0.25, -0.2) is 0 Å². The molecule has 0 aromatic rings. The van der Waals surface area contributed by atoms with Crippen LogP contribution in [-0.4, -0.2) is 55.1 Å². The summed E-state index contributed by atoms with van der Waals surface area (Å²) in [5.74, 6) is 0. The zero-order chi connectivity index (χ0) is 10.8. The van der Waals surface area contributed by atoms with Crippen molar-refractivity contribution < 1.29 is 0 Å². The van der Waals surface area contributed by atoms with Crippen molar-refractivity contribution in [1.82, 2.24) is 9.80 Å². The summed E-state index contributed by atoms with van der Waals surface area (Å²) in [4.78, 5) is 4.82. The molecule has 6 heteroatoms. The lowest BCUT2D eigenvalue weighted by molar-refractivity contribution is 0.128. The van der Waals surface area contributed by atoms with Crippen LogP contribution in [0.1, 0.15) is 26.7 Å². The number of rotatable bonds is 3. The molecule has 1 aliphatic heterocycles. The van der Waals surface area contributed by atoms with E-state index in [2.05, 4.69) is 37.7 Å². The van der Waals surface area contributed by atoms with Crippen LogP contribution in [0.25, 0.3) is 0 Å². The van der Waals surface area contributed by atoms with Crippen molar-refractivity contribution in [3.63, 3.8) is 0 Å². The van der Waals surface area contributed by atoms with Crippen molar-refractivity contribution in [2.75, 3.05) is 33.7 Å². The number of piperidine rings is 1. The average Bonchev–Trinajstić information content (AvgIpc) is 2.02. The molecular formula is C11H28Cl3N3. The molecule has 3 nitrogen and oxygen atoms in total. The number of nitrogens with zero attached hydrogens (tertiary/aromatic N) is 2. The molecule has 1 heterocycles. The highest BCUT2D eigenvalue weighted by molar-refractivity contribution is 5.86. The SMILES string of the molecule is CN(C)C1CCN(CC(C)(C)N)CC1.Cl.Cl.Cl. The summed E-state index contributed by atoms with van der Waals surface area (Å²) in [7, 11) is 4.35. The Morgan fingerprint density at radius 2 is 1.53 bits per heavy atom. The van der Waals surface area contributed by atoms with Crippen molar-refractivity contribution >= 4 is 37.2 Å². The fraction of sp³-hybridized carbons (Fsp3) is 1.00. The summed E-state index contributed by atoms with van der Waals surface area (Å²) in [5.41, 5.74) is 5.96. The van der Waals surface area contributed by atoms with Gasteiger partial charge in [0.25, 0.3) is 0 Å². The lowest BCUT2D eigenvalue weighted by atomic mass is 10.0. The topological polar surface area (TPSA) is 32.5 Å². The van der Waals surface area contributed by atoms with Crippen LogP contribution in [0.4, 0.5) is 0 Å². The molecule has 0 radical (unpaired) electrons. The Bertz CT molecular complexity index is 175. The number of hydrogen-bond acceptors (Lipinski definition) is 3. The zero-order valence-corrected chi connectivity index (χ0v) is 13.8. The first kappa shape index (κ1) is 22.9. The predicted octanol–water partition coefficient (Wildman–Crippen LogP) is 2.02. The molecule has 0 aromatic heterocycles. The molecule has 2 N–H and O–H groups in total. The Kier molecular flexibility index (Phi) is 13.0. The molecule has 0 unspecified atom stereocenters. The number of nitrogens with two attached hydrogens (primary N) is 1. The molecule has 0 amide bonds. The van der Waals surface area contributed by atoms with E-state index in [4.69, 9.17) is 5.73 Å². The van der Waals surface area contributed by atoms with Crippen LogP contribution in [0.5, 0.6) is 0 Å². The van der Waals surface area contributed by atoms with Crippen LogP contribution < -0.4 is 5.73 Å². The van der Waals surface area contributed by atoms with Crippen LogP contribution in [0.3, 0.4) is 0 Å². The van der Waals surface area contributed by atoms with E-state index in [1.165, 1.54) is 25.9 Å². The van der Waals surface area contributed by atoms with E-state index in [0.29, 0.717) is 0 Å². The van der Waals surface area contributed by atoms with Crippen molar-refractivity contribution in [1.29, 1.82) is 0 Å². The molecule has 0 atom stereocenters. The maximum Gasteiger partial charge on any atom is 0.0226 e. The van der Waals surface area contributed by atoms with E-state index in [1.54, 1.807) is 0 Å². The van der Waals surface area contributed by atoms with Gasteiger partial charge < -0.3 is 15.5 Å². The Morgan fingerprint density at radius 3 is 1.82 bits per heavy atom. The second-order valence-corrected chi connectivity index (χ2v) is 5.46. The minimum Gasteiger partial charge on any atom is -0.324 e. The standard InChI is InChI=1S/C11H25N3.3ClH/c1-11(2,12)9-14-7-5-10(6-8-14)13(3)4;;;/h10H,5-9,12H2,1-4H3;3*1H. The van der Waals surface area contributed by atoms with E-state index in [-0.39, 0.29) is 42.8 Å². The molecule has 1 saturated heterocycles. The molecule has 17 heavy (non-hydrogen) atoms. The van der Waals surface area contributed by atoms with Crippen LogP contribution >= 0.6 is 37.2 Å². The van der Waals surface area contributed by atoms with Crippen molar-refractivity contribution in [2.45, 2.75) is 38.3 Å². The van der Waals surface area contributed by atoms with Gasteiger partial charge in [0.2, 0.25) is 0 Å². The highest BCUT2D eigenvalue weighted by Crippen LogP contribution is 2.15. The average molecular weight is 309 g/mol. The highest BCUT2D eigenvalue weighted by atomic mass is 35.5. The Balaban J connectivity index is -0.000000653. The molecular weight excluding hydrogens is 281 g/mol. The fourth-order valence-electron chi connectivity index (χ4n) is 2.17. The molecule has 1 fully saturated rings. The minimum absolute atomic E-state index is 0. The summed E-state index contributed by atoms with van der Waals surface area (Å²) >= 11 is 0. The molecule has 1 rings (SSSR count). The first-order valence-corrected chi connectivity index (χ1v) is 5.56. The molecule has 0 spiro atoms. The van der Waals surface area contributed by atoms with Gasteiger partial charge >= 0.3 is 0 Å². The lowest BCUT2D eigenvalue weighted by Gasteiger charge is -2.37. The Morgan fingerprint density at radius 1 is 1.12 bits per heavy atom.